The van der Waals surface area contributed by atoms with Crippen molar-refractivity contribution in [3.05, 3.63) is 11.9 Å². The first kappa shape index (κ1) is 15.0. The largest absolute Gasteiger partial charge is 0.396 e. The Hall–Kier alpha value is -1.40. The summed E-state index contributed by atoms with van der Waals surface area (Å²) in [4.78, 5) is 8.84. The van der Waals surface area contributed by atoms with Crippen molar-refractivity contribution < 1.29 is 5.11 Å². The van der Waals surface area contributed by atoms with E-state index in [1.807, 2.05) is 13.8 Å². The Balaban J connectivity index is 2.10. The maximum absolute atomic E-state index is 9.63. The second-order valence-electron chi connectivity index (χ2n) is 6.01. The van der Waals surface area contributed by atoms with Crippen LogP contribution in [-0.4, -0.2) is 28.2 Å². The van der Waals surface area contributed by atoms with E-state index in [-0.39, 0.29) is 17.9 Å². The van der Waals surface area contributed by atoms with Crippen LogP contribution in [0.2, 0.25) is 0 Å². The molecule has 0 saturated heterocycles. The Morgan fingerprint density at radius 3 is 2.50 bits per heavy atom. The number of aliphatic hydroxyl groups excluding tert-OH is 1. The highest BCUT2D eigenvalue weighted by Crippen LogP contribution is 2.37. The Bertz CT molecular complexity index is 443. The Kier molecular flexibility index (Phi) is 4.77. The average molecular weight is 279 g/mol. The number of aromatic nitrogens is 2. The molecule has 1 aromatic rings. The SMILES string of the molecule is CC(C)c1nc(NN)cc(NCC2(CO)CCCC2)n1. The lowest BCUT2D eigenvalue weighted by Crippen LogP contribution is -2.31. The van der Waals surface area contributed by atoms with E-state index < -0.39 is 0 Å². The monoisotopic (exact) mass is 279 g/mol. The number of nitrogens with two attached hydrogens (primary N) is 1. The van der Waals surface area contributed by atoms with Crippen molar-refractivity contribution in [3.63, 3.8) is 0 Å². The van der Waals surface area contributed by atoms with Gasteiger partial charge < -0.3 is 15.8 Å². The van der Waals surface area contributed by atoms with Gasteiger partial charge >= 0.3 is 0 Å². The highest BCUT2D eigenvalue weighted by Gasteiger charge is 2.33. The molecule has 0 spiro atoms. The molecular weight excluding hydrogens is 254 g/mol. The van der Waals surface area contributed by atoms with Gasteiger partial charge in [0.1, 0.15) is 17.5 Å². The summed E-state index contributed by atoms with van der Waals surface area (Å²) in [7, 11) is 0. The van der Waals surface area contributed by atoms with Crippen LogP contribution in [-0.2, 0) is 0 Å². The zero-order valence-electron chi connectivity index (χ0n) is 12.3. The lowest BCUT2D eigenvalue weighted by Gasteiger charge is -2.27. The van der Waals surface area contributed by atoms with Gasteiger partial charge in [-0.05, 0) is 12.8 Å². The van der Waals surface area contributed by atoms with E-state index in [1.54, 1.807) is 6.07 Å². The first-order valence-electron chi connectivity index (χ1n) is 7.29. The minimum absolute atomic E-state index is 0.000743. The van der Waals surface area contributed by atoms with Crippen molar-refractivity contribution in [2.24, 2.45) is 11.3 Å². The van der Waals surface area contributed by atoms with E-state index in [0.29, 0.717) is 5.82 Å². The summed E-state index contributed by atoms with van der Waals surface area (Å²) in [6.07, 6.45) is 4.53. The summed E-state index contributed by atoms with van der Waals surface area (Å²) in [6, 6.07) is 1.80. The van der Waals surface area contributed by atoms with Gasteiger partial charge in [-0.3, -0.25) is 0 Å². The minimum Gasteiger partial charge on any atom is -0.396 e. The number of nitrogen functional groups attached to an aromatic ring is 1. The van der Waals surface area contributed by atoms with Crippen LogP contribution in [0.5, 0.6) is 0 Å². The van der Waals surface area contributed by atoms with Gasteiger partial charge in [0.2, 0.25) is 0 Å². The molecule has 0 bridgehead atoms. The third kappa shape index (κ3) is 3.37. The molecule has 1 saturated carbocycles. The molecule has 0 amide bonds. The third-order valence-corrected chi connectivity index (χ3v) is 4.05. The van der Waals surface area contributed by atoms with Crippen LogP contribution in [0.25, 0.3) is 0 Å². The van der Waals surface area contributed by atoms with Crippen LogP contribution < -0.4 is 16.6 Å². The van der Waals surface area contributed by atoms with E-state index in [2.05, 4.69) is 20.7 Å². The fraction of sp³-hybridized carbons (Fsp3) is 0.714. The van der Waals surface area contributed by atoms with Gasteiger partial charge in [0, 0.05) is 23.9 Å². The van der Waals surface area contributed by atoms with E-state index in [0.717, 1.165) is 31.0 Å². The normalized spacial score (nSPS) is 17.4. The summed E-state index contributed by atoms with van der Waals surface area (Å²) in [5.41, 5.74) is 2.57. The van der Waals surface area contributed by atoms with E-state index in [9.17, 15) is 5.11 Å². The standard InChI is InChI=1S/C14H25N5O/c1-10(2)13-17-11(7-12(18-13)19-15)16-8-14(9-20)5-3-4-6-14/h7,10,20H,3-6,8-9,15H2,1-2H3,(H2,16,17,18,19). The number of nitrogens with zero attached hydrogens (tertiary/aromatic N) is 2. The number of nitrogens with one attached hydrogen (secondary N) is 2. The van der Waals surface area contributed by atoms with Crippen LogP contribution in [0.3, 0.4) is 0 Å². The van der Waals surface area contributed by atoms with Gasteiger partial charge in [-0.25, -0.2) is 15.8 Å². The topological polar surface area (TPSA) is 96.1 Å². The molecular formula is C14H25N5O. The fourth-order valence-electron chi connectivity index (χ4n) is 2.68. The average Bonchev–Trinajstić information content (AvgIpc) is 2.94. The molecule has 112 valence electrons. The minimum atomic E-state index is -0.000743. The summed E-state index contributed by atoms with van der Waals surface area (Å²) in [5.74, 6) is 7.81. The van der Waals surface area contributed by atoms with Crippen molar-refractivity contribution in [2.75, 3.05) is 23.9 Å². The highest BCUT2D eigenvalue weighted by atomic mass is 16.3. The highest BCUT2D eigenvalue weighted by molar-refractivity contribution is 5.47. The molecule has 6 nitrogen and oxygen atoms in total. The van der Waals surface area contributed by atoms with Crippen LogP contribution in [0, 0.1) is 5.41 Å². The molecule has 1 fully saturated rings. The maximum Gasteiger partial charge on any atom is 0.145 e. The summed E-state index contributed by atoms with van der Waals surface area (Å²) in [5, 5.41) is 13.0. The van der Waals surface area contributed by atoms with Gasteiger partial charge in [0.25, 0.3) is 0 Å². The Morgan fingerprint density at radius 2 is 1.95 bits per heavy atom. The van der Waals surface area contributed by atoms with Crippen molar-refractivity contribution in [1.29, 1.82) is 0 Å². The van der Waals surface area contributed by atoms with Crippen molar-refractivity contribution in [1.82, 2.24) is 9.97 Å². The van der Waals surface area contributed by atoms with Gasteiger partial charge in [-0.1, -0.05) is 26.7 Å². The zero-order valence-corrected chi connectivity index (χ0v) is 12.3. The van der Waals surface area contributed by atoms with Crippen molar-refractivity contribution >= 4 is 11.6 Å². The van der Waals surface area contributed by atoms with Gasteiger partial charge in [-0.15, -0.1) is 0 Å². The quantitative estimate of drug-likeness (QED) is 0.469. The number of rotatable bonds is 6. The number of aliphatic hydroxyl groups is 1. The third-order valence-electron chi connectivity index (χ3n) is 4.05. The molecule has 6 heteroatoms. The number of hydrogen-bond acceptors (Lipinski definition) is 6. The Labute approximate surface area is 120 Å². The van der Waals surface area contributed by atoms with Crippen LogP contribution >= 0.6 is 0 Å². The molecule has 1 aromatic heterocycles. The fourth-order valence-corrected chi connectivity index (χ4v) is 2.68. The summed E-state index contributed by atoms with van der Waals surface area (Å²) in [6.45, 7) is 5.06. The predicted molar refractivity (Wildman–Crippen MR) is 80.4 cm³/mol. The number of anilines is 2. The summed E-state index contributed by atoms with van der Waals surface area (Å²) >= 11 is 0. The number of hydrogen-bond donors (Lipinski definition) is 4. The second kappa shape index (κ2) is 6.37. The molecule has 1 aliphatic carbocycles. The van der Waals surface area contributed by atoms with Crippen LogP contribution in [0.4, 0.5) is 11.6 Å². The molecule has 0 unspecified atom stereocenters. The first-order valence-corrected chi connectivity index (χ1v) is 7.29. The molecule has 5 N–H and O–H groups in total. The van der Waals surface area contributed by atoms with Crippen molar-refractivity contribution in [2.45, 2.75) is 45.4 Å². The van der Waals surface area contributed by atoms with E-state index >= 15 is 0 Å². The van der Waals surface area contributed by atoms with Crippen molar-refractivity contribution in [3.8, 4) is 0 Å². The number of hydrazine groups is 1. The predicted octanol–water partition coefficient (Wildman–Crippen LogP) is 1.85. The van der Waals surface area contributed by atoms with Gasteiger partial charge in [0.15, 0.2) is 0 Å². The lowest BCUT2D eigenvalue weighted by molar-refractivity contribution is 0.142. The second-order valence-corrected chi connectivity index (χ2v) is 6.01. The Morgan fingerprint density at radius 1 is 1.30 bits per heavy atom. The first-order chi connectivity index (χ1) is 9.58. The molecule has 20 heavy (non-hydrogen) atoms. The van der Waals surface area contributed by atoms with E-state index in [4.69, 9.17) is 5.84 Å². The van der Waals surface area contributed by atoms with Gasteiger partial charge in [0.05, 0.1) is 6.61 Å². The maximum atomic E-state index is 9.63. The van der Waals surface area contributed by atoms with Crippen LogP contribution in [0.15, 0.2) is 6.07 Å². The molecule has 1 aliphatic rings. The van der Waals surface area contributed by atoms with Crippen LogP contribution in [0.1, 0.15) is 51.3 Å². The molecule has 1 heterocycles. The molecule has 0 aliphatic heterocycles. The van der Waals surface area contributed by atoms with E-state index in [1.165, 1.54) is 12.8 Å². The van der Waals surface area contributed by atoms with Gasteiger partial charge in [-0.2, -0.15) is 0 Å². The smallest absolute Gasteiger partial charge is 0.145 e. The molecule has 0 radical (unpaired) electrons. The lowest BCUT2D eigenvalue weighted by atomic mass is 9.87. The molecule has 0 atom stereocenters. The molecule has 0 aromatic carbocycles. The molecule has 2 rings (SSSR count). The summed E-state index contributed by atoms with van der Waals surface area (Å²) < 4.78 is 0. The zero-order chi connectivity index (χ0) is 14.6.